The molecule has 20 heavy (non-hydrogen) atoms. The Labute approximate surface area is 119 Å². The smallest absolute Gasteiger partial charge is 0.147 e. The molecule has 1 aromatic heterocycles. The van der Waals surface area contributed by atoms with Crippen molar-refractivity contribution in [1.29, 1.82) is 0 Å². The van der Waals surface area contributed by atoms with Crippen molar-refractivity contribution >= 4 is 0 Å². The number of rotatable bonds is 7. The first kappa shape index (κ1) is 14.7. The molecule has 108 valence electrons. The highest BCUT2D eigenvalue weighted by Crippen LogP contribution is 2.21. The molecule has 0 amide bonds. The Bertz CT molecular complexity index is 548. The van der Waals surface area contributed by atoms with Crippen molar-refractivity contribution in [3.63, 3.8) is 0 Å². The number of nitrogens with zero attached hydrogens (tertiary/aromatic N) is 2. The van der Waals surface area contributed by atoms with Crippen LogP contribution in [-0.2, 0) is 13.0 Å². The molecule has 0 unspecified atom stereocenters. The lowest BCUT2D eigenvalue weighted by molar-refractivity contribution is 0.604. The summed E-state index contributed by atoms with van der Waals surface area (Å²) in [6.45, 7) is 5.82. The van der Waals surface area contributed by atoms with Crippen LogP contribution in [0.25, 0.3) is 5.69 Å². The fourth-order valence-corrected chi connectivity index (χ4v) is 2.32. The van der Waals surface area contributed by atoms with Crippen LogP contribution >= 0.6 is 0 Å². The lowest BCUT2D eigenvalue weighted by atomic mass is 10.1. The van der Waals surface area contributed by atoms with Gasteiger partial charge in [-0.15, -0.1) is 0 Å². The van der Waals surface area contributed by atoms with Gasteiger partial charge in [-0.1, -0.05) is 26.0 Å². The minimum atomic E-state index is -0.198. The van der Waals surface area contributed by atoms with Gasteiger partial charge in [-0.05, 0) is 31.0 Å². The molecule has 0 saturated carbocycles. The van der Waals surface area contributed by atoms with E-state index in [1.54, 1.807) is 12.3 Å². The molecule has 0 atom stereocenters. The van der Waals surface area contributed by atoms with E-state index in [-0.39, 0.29) is 5.82 Å². The normalized spacial score (nSPS) is 10.9. The Morgan fingerprint density at radius 3 is 2.85 bits per heavy atom. The molecule has 4 heteroatoms. The number of para-hydroxylation sites is 1. The summed E-state index contributed by atoms with van der Waals surface area (Å²) in [6, 6.07) is 5.24. The minimum Gasteiger partial charge on any atom is -0.313 e. The maximum atomic E-state index is 14.3. The molecular formula is C16H22FN3. The van der Waals surface area contributed by atoms with Crippen LogP contribution in [0.1, 0.15) is 38.1 Å². The second-order valence-corrected chi connectivity index (χ2v) is 4.89. The predicted molar refractivity (Wildman–Crippen MR) is 79.5 cm³/mol. The summed E-state index contributed by atoms with van der Waals surface area (Å²) in [4.78, 5) is 4.34. The standard InChI is InChI=1S/C16H22FN3/c1-3-6-15-19-10-11-20(15)16-13(12-18-9-4-2)7-5-8-14(16)17/h5,7-8,10-11,18H,3-4,6,9,12H2,1-2H3. The molecule has 0 fully saturated rings. The van der Waals surface area contributed by atoms with E-state index in [1.165, 1.54) is 6.07 Å². The first-order valence-electron chi connectivity index (χ1n) is 7.28. The van der Waals surface area contributed by atoms with E-state index in [4.69, 9.17) is 0 Å². The molecule has 0 radical (unpaired) electrons. The van der Waals surface area contributed by atoms with Gasteiger partial charge >= 0.3 is 0 Å². The quantitative estimate of drug-likeness (QED) is 0.784. The molecule has 0 aliphatic carbocycles. The van der Waals surface area contributed by atoms with Gasteiger partial charge in [0, 0.05) is 25.4 Å². The van der Waals surface area contributed by atoms with Gasteiger partial charge in [0.2, 0.25) is 0 Å². The fraction of sp³-hybridized carbons (Fsp3) is 0.438. The zero-order valence-corrected chi connectivity index (χ0v) is 12.2. The summed E-state index contributed by atoms with van der Waals surface area (Å²) in [5.41, 5.74) is 1.59. The van der Waals surface area contributed by atoms with Crippen LogP contribution < -0.4 is 5.32 Å². The third kappa shape index (κ3) is 3.25. The van der Waals surface area contributed by atoms with Crippen molar-refractivity contribution < 1.29 is 4.39 Å². The zero-order chi connectivity index (χ0) is 14.4. The molecule has 1 heterocycles. The van der Waals surface area contributed by atoms with E-state index in [2.05, 4.69) is 24.1 Å². The summed E-state index contributed by atoms with van der Waals surface area (Å²) in [7, 11) is 0. The van der Waals surface area contributed by atoms with Crippen molar-refractivity contribution in [1.82, 2.24) is 14.9 Å². The summed E-state index contributed by atoms with van der Waals surface area (Å²) in [5.74, 6) is 0.713. The highest BCUT2D eigenvalue weighted by molar-refractivity contribution is 5.43. The van der Waals surface area contributed by atoms with Gasteiger partial charge in [0.25, 0.3) is 0 Å². The monoisotopic (exact) mass is 275 g/mol. The summed E-state index contributed by atoms with van der Waals surface area (Å²) in [5, 5.41) is 3.33. The summed E-state index contributed by atoms with van der Waals surface area (Å²) in [6.07, 6.45) is 6.49. The van der Waals surface area contributed by atoms with Crippen molar-refractivity contribution in [3.8, 4) is 5.69 Å². The molecule has 0 saturated heterocycles. The molecule has 1 N–H and O–H groups in total. The van der Waals surface area contributed by atoms with Crippen molar-refractivity contribution in [2.45, 2.75) is 39.7 Å². The highest BCUT2D eigenvalue weighted by Gasteiger charge is 2.13. The fourth-order valence-electron chi connectivity index (χ4n) is 2.32. The van der Waals surface area contributed by atoms with Crippen molar-refractivity contribution in [3.05, 3.63) is 47.8 Å². The number of imidazole rings is 1. The van der Waals surface area contributed by atoms with E-state index in [0.29, 0.717) is 12.2 Å². The number of hydrogen-bond acceptors (Lipinski definition) is 2. The largest absolute Gasteiger partial charge is 0.313 e. The maximum Gasteiger partial charge on any atom is 0.147 e. The Morgan fingerprint density at radius 2 is 2.10 bits per heavy atom. The topological polar surface area (TPSA) is 29.9 Å². The van der Waals surface area contributed by atoms with Crippen LogP contribution in [0, 0.1) is 5.82 Å². The van der Waals surface area contributed by atoms with E-state index < -0.39 is 0 Å². The number of aryl methyl sites for hydroxylation is 1. The number of benzene rings is 1. The number of halogens is 1. The molecular weight excluding hydrogens is 253 g/mol. The van der Waals surface area contributed by atoms with Crippen LogP contribution in [0.4, 0.5) is 4.39 Å². The van der Waals surface area contributed by atoms with Crippen LogP contribution in [0.5, 0.6) is 0 Å². The summed E-state index contributed by atoms with van der Waals surface area (Å²) < 4.78 is 16.1. The second kappa shape index (κ2) is 7.20. The molecule has 1 aromatic carbocycles. The van der Waals surface area contributed by atoms with Gasteiger partial charge in [0.05, 0.1) is 5.69 Å². The molecule has 3 nitrogen and oxygen atoms in total. The highest BCUT2D eigenvalue weighted by atomic mass is 19.1. The van der Waals surface area contributed by atoms with E-state index in [0.717, 1.165) is 37.2 Å². The van der Waals surface area contributed by atoms with Gasteiger partial charge in [-0.25, -0.2) is 9.37 Å². The molecule has 2 aromatic rings. The lowest BCUT2D eigenvalue weighted by Crippen LogP contribution is -2.16. The van der Waals surface area contributed by atoms with Crippen LogP contribution in [0.3, 0.4) is 0 Å². The van der Waals surface area contributed by atoms with Crippen molar-refractivity contribution in [2.24, 2.45) is 0 Å². The zero-order valence-electron chi connectivity index (χ0n) is 12.2. The van der Waals surface area contributed by atoms with Crippen LogP contribution in [0.2, 0.25) is 0 Å². The molecule has 2 rings (SSSR count). The van der Waals surface area contributed by atoms with Crippen LogP contribution in [-0.4, -0.2) is 16.1 Å². The van der Waals surface area contributed by atoms with E-state index >= 15 is 0 Å². The van der Waals surface area contributed by atoms with E-state index in [1.807, 2.05) is 16.8 Å². The first-order chi connectivity index (χ1) is 9.77. The van der Waals surface area contributed by atoms with Gasteiger partial charge in [-0.3, -0.25) is 0 Å². The van der Waals surface area contributed by atoms with Gasteiger partial charge in [0.15, 0.2) is 0 Å². The SMILES string of the molecule is CCCNCc1cccc(F)c1-n1ccnc1CCC. The summed E-state index contributed by atoms with van der Waals surface area (Å²) >= 11 is 0. The molecule has 0 bridgehead atoms. The third-order valence-corrected chi connectivity index (χ3v) is 3.24. The first-order valence-corrected chi connectivity index (χ1v) is 7.28. The van der Waals surface area contributed by atoms with Crippen molar-refractivity contribution in [2.75, 3.05) is 6.54 Å². The van der Waals surface area contributed by atoms with Gasteiger partial charge < -0.3 is 9.88 Å². The number of hydrogen-bond donors (Lipinski definition) is 1. The Morgan fingerprint density at radius 1 is 1.25 bits per heavy atom. The Hall–Kier alpha value is -1.68. The predicted octanol–water partition coefficient (Wildman–Crippen LogP) is 3.46. The molecule has 0 aliphatic heterocycles. The minimum absolute atomic E-state index is 0.198. The van der Waals surface area contributed by atoms with Gasteiger partial charge in [0.1, 0.15) is 11.6 Å². The molecule has 0 aliphatic rings. The third-order valence-electron chi connectivity index (χ3n) is 3.24. The molecule has 0 spiro atoms. The lowest BCUT2D eigenvalue weighted by Gasteiger charge is -2.14. The number of nitrogens with one attached hydrogen (secondary N) is 1. The average Bonchev–Trinajstić information content (AvgIpc) is 2.88. The Balaban J connectivity index is 2.35. The van der Waals surface area contributed by atoms with Gasteiger partial charge in [-0.2, -0.15) is 0 Å². The second-order valence-electron chi connectivity index (χ2n) is 4.89. The number of aromatic nitrogens is 2. The Kier molecular flexibility index (Phi) is 5.30. The van der Waals surface area contributed by atoms with Crippen LogP contribution in [0.15, 0.2) is 30.6 Å². The maximum absolute atomic E-state index is 14.3. The van der Waals surface area contributed by atoms with E-state index in [9.17, 15) is 4.39 Å². The average molecular weight is 275 g/mol.